The maximum atomic E-state index is 14.1. The minimum atomic E-state index is -2.95. The Bertz CT molecular complexity index is 1000. The number of hydrogen-bond donors (Lipinski definition) is 3. The Balaban J connectivity index is 1.51. The fourth-order valence-corrected chi connectivity index (χ4v) is 2.96. The Morgan fingerprint density at radius 3 is 2.96 bits per heavy atom. The third kappa shape index (κ3) is 3.50. The molecule has 1 aliphatic rings. The maximum Gasteiger partial charge on any atom is 0.388 e. The number of nitrogens with zero attached hydrogens (tertiary/aromatic N) is 4. The zero-order valence-corrected chi connectivity index (χ0v) is 14.6. The van der Waals surface area contributed by atoms with Crippen LogP contribution in [0.25, 0.3) is 6.08 Å². The molecule has 0 bridgehead atoms. The molecule has 146 valence electrons. The lowest BCUT2D eigenvalue weighted by Gasteiger charge is -2.25. The number of fused-ring (bicyclic) bond motifs is 1. The predicted octanol–water partition coefficient (Wildman–Crippen LogP) is 3.23. The van der Waals surface area contributed by atoms with Gasteiger partial charge in [-0.15, -0.1) is 5.10 Å². The van der Waals surface area contributed by atoms with Gasteiger partial charge in [-0.1, -0.05) is 6.07 Å². The fraction of sp³-hybridized carbons (Fsp3) is 0.235. The van der Waals surface area contributed by atoms with Crippen LogP contribution in [0, 0.1) is 5.95 Å². The van der Waals surface area contributed by atoms with Gasteiger partial charge < -0.3 is 19.9 Å². The lowest BCUT2D eigenvalue weighted by atomic mass is 10.1. The van der Waals surface area contributed by atoms with Gasteiger partial charge in [-0.25, -0.2) is 9.97 Å². The van der Waals surface area contributed by atoms with Crippen molar-refractivity contribution >= 4 is 17.7 Å². The molecule has 1 aliphatic heterocycles. The van der Waals surface area contributed by atoms with Crippen molar-refractivity contribution in [2.45, 2.75) is 25.7 Å². The topological polar surface area (TPSA) is 92.7 Å². The molecule has 4 rings (SSSR count). The van der Waals surface area contributed by atoms with Crippen molar-refractivity contribution in [1.82, 2.24) is 24.7 Å². The molecule has 11 heteroatoms. The second kappa shape index (κ2) is 7.25. The highest BCUT2D eigenvalue weighted by Gasteiger charge is 2.23. The molecule has 0 saturated heterocycles. The summed E-state index contributed by atoms with van der Waals surface area (Å²) in [6, 6.07) is 4.32. The van der Waals surface area contributed by atoms with E-state index in [1.807, 2.05) is 13.0 Å². The Morgan fingerprint density at radius 1 is 1.32 bits per heavy atom. The van der Waals surface area contributed by atoms with Gasteiger partial charge >= 0.3 is 6.61 Å². The summed E-state index contributed by atoms with van der Waals surface area (Å²) in [7, 11) is 0. The van der Waals surface area contributed by atoms with Crippen molar-refractivity contribution in [1.29, 1.82) is 0 Å². The summed E-state index contributed by atoms with van der Waals surface area (Å²) in [5.41, 5.74) is 1.13. The van der Waals surface area contributed by atoms with Gasteiger partial charge in [0.2, 0.25) is 11.8 Å². The minimum Gasteiger partial charge on any atom is -0.415 e. The van der Waals surface area contributed by atoms with E-state index in [0.717, 1.165) is 0 Å². The first kappa shape index (κ1) is 17.9. The molecule has 0 aliphatic carbocycles. The maximum absolute atomic E-state index is 14.1. The number of hydrogen-bond acceptors (Lipinski definition) is 6. The van der Waals surface area contributed by atoms with Crippen molar-refractivity contribution in [3.63, 3.8) is 0 Å². The summed E-state index contributed by atoms with van der Waals surface area (Å²) in [5, 5.41) is 12.5. The molecule has 3 aromatic heterocycles. The van der Waals surface area contributed by atoms with Gasteiger partial charge in [0.1, 0.15) is 23.5 Å². The monoisotopic (exact) mass is 391 g/mol. The van der Waals surface area contributed by atoms with Gasteiger partial charge in [-0.3, -0.25) is 5.10 Å². The highest BCUT2D eigenvalue weighted by atomic mass is 19.3. The first-order valence-electron chi connectivity index (χ1n) is 8.40. The average molecular weight is 391 g/mol. The number of aromatic amines is 1. The summed E-state index contributed by atoms with van der Waals surface area (Å²) < 4.78 is 44.6. The molecule has 0 aromatic carbocycles. The third-order valence-electron chi connectivity index (χ3n) is 4.29. The van der Waals surface area contributed by atoms with Gasteiger partial charge in [0.15, 0.2) is 0 Å². The quantitative estimate of drug-likeness (QED) is 0.559. The van der Waals surface area contributed by atoms with Crippen LogP contribution < -0.4 is 15.4 Å². The zero-order valence-electron chi connectivity index (χ0n) is 14.6. The first-order chi connectivity index (χ1) is 13.5. The van der Waals surface area contributed by atoms with Crippen LogP contribution in [0.15, 0.2) is 36.8 Å². The van der Waals surface area contributed by atoms with Crippen LogP contribution in [0.4, 0.5) is 24.8 Å². The molecule has 8 nitrogen and oxygen atoms in total. The van der Waals surface area contributed by atoms with Crippen LogP contribution in [-0.2, 0) is 0 Å². The molecule has 0 fully saturated rings. The number of aromatic nitrogens is 5. The summed E-state index contributed by atoms with van der Waals surface area (Å²) in [5.74, 6) is 0.309. The second-order valence-corrected chi connectivity index (χ2v) is 6.07. The number of alkyl halides is 2. The van der Waals surface area contributed by atoms with Gasteiger partial charge in [0.05, 0.1) is 12.4 Å². The molecule has 4 heterocycles. The Labute approximate surface area is 157 Å². The van der Waals surface area contributed by atoms with E-state index in [0.29, 0.717) is 22.9 Å². The Kier molecular flexibility index (Phi) is 4.63. The average Bonchev–Trinajstić information content (AvgIpc) is 3.27. The number of H-pyrrole nitrogens is 1. The molecule has 0 amide bonds. The molecule has 0 spiro atoms. The summed E-state index contributed by atoms with van der Waals surface area (Å²) in [6.07, 6.45) is 6.25. The van der Waals surface area contributed by atoms with Gasteiger partial charge in [0, 0.05) is 17.8 Å². The standard InChI is InChI=1S/C17H16F3N7O/c1-9(10-3-2-6-21-15(10)18)27-8-22-11-4-5-12(24-16(11)27)23-13-7-14(26-25-13)28-17(19)20/h2-9,12,17,24H,1H3,(H2,23,25,26). The van der Waals surface area contributed by atoms with E-state index in [9.17, 15) is 13.2 Å². The smallest absolute Gasteiger partial charge is 0.388 e. The number of anilines is 2. The molecular formula is C17H16F3N7O. The molecule has 0 radical (unpaired) electrons. The molecular weight excluding hydrogens is 375 g/mol. The molecule has 2 unspecified atom stereocenters. The predicted molar refractivity (Wildman–Crippen MR) is 95.5 cm³/mol. The van der Waals surface area contributed by atoms with Crippen molar-refractivity contribution in [2.24, 2.45) is 0 Å². The molecule has 3 aromatic rings. The second-order valence-electron chi connectivity index (χ2n) is 6.07. The number of nitrogens with one attached hydrogen (secondary N) is 3. The lowest BCUT2D eigenvalue weighted by Crippen LogP contribution is -2.30. The van der Waals surface area contributed by atoms with Crippen molar-refractivity contribution in [3.8, 4) is 5.88 Å². The van der Waals surface area contributed by atoms with Crippen LogP contribution in [0.3, 0.4) is 0 Å². The van der Waals surface area contributed by atoms with Crippen LogP contribution >= 0.6 is 0 Å². The highest BCUT2D eigenvalue weighted by Crippen LogP contribution is 2.29. The van der Waals surface area contributed by atoms with E-state index in [2.05, 4.69) is 35.5 Å². The van der Waals surface area contributed by atoms with Gasteiger partial charge in [0.25, 0.3) is 0 Å². The normalized spacial score (nSPS) is 16.5. The van der Waals surface area contributed by atoms with Crippen LogP contribution in [0.2, 0.25) is 0 Å². The summed E-state index contributed by atoms with van der Waals surface area (Å²) in [4.78, 5) is 8.02. The Morgan fingerprint density at radius 2 is 2.18 bits per heavy atom. The number of halogens is 3. The Hall–Kier alpha value is -3.50. The van der Waals surface area contributed by atoms with E-state index in [1.165, 1.54) is 12.3 Å². The SMILES string of the molecule is CC(c1cccnc1F)n1cnc2c1NC(Nc1cc(OC(F)F)n[nH]1)C=C2. The summed E-state index contributed by atoms with van der Waals surface area (Å²) in [6.45, 7) is -1.11. The van der Waals surface area contributed by atoms with Crippen molar-refractivity contribution < 1.29 is 17.9 Å². The first-order valence-corrected chi connectivity index (χ1v) is 8.40. The summed E-state index contributed by atoms with van der Waals surface area (Å²) >= 11 is 0. The van der Waals surface area contributed by atoms with E-state index in [1.54, 1.807) is 29.1 Å². The zero-order chi connectivity index (χ0) is 19.7. The van der Waals surface area contributed by atoms with Gasteiger partial charge in [-0.2, -0.15) is 13.2 Å². The number of ether oxygens (including phenoxy) is 1. The van der Waals surface area contributed by atoms with Crippen LogP contribution in [-0.4, -0.2) is 37.5 Å². The largest absolute Gasteiger partial charge is 0.415 e. The van der Waals surface area contributed by atoms with Crippen LogP contribution in [0.1, 0.15) is 24.2 Å². The molecule has 28 heavy (non-hydrogen) atoms. The van der Waals surface area contributed by atoms with E-state index in [-0.39, 0.29) is 18.1 Å². The van der Waals surface area contributed by atoms with Crippen LogP contribution in [0.5, 0.6) is 5.88 Å². The van der Waals surface area contributed by atoms with E-state index >= 15 is 0 Å². The van der Waals surface area contributed by atoms with E-state index < -0.39 is 12.6 Å². The van der Waals surface area contributed by atoms with Crippen molar-refractivity contribution in [3.05, 3.63) is 54.0 Å². The minimum absolute atomic E-state index is 0.219. The lowest BCUT2D eigenvalue weighted by molar-refractivity contribution is -0.0528. The molecule has 3 N–H and O–H groups in total. The fourth-order valence-electron chi connectivity index (χ4n) is 2.96. The number of imidazole rings is 1. The molecule has 0 saturated carbocycles. The highest BCUT2D eigenvalue weighted by molar-refractivity contribution is 5.67. The number of pyridine rings is 1. The van der Waals surface area contributed by atoms with Crippen molar-refractivity contribution in [2.75, 3.05) is 10.6 Å². The number of rotatable bonds is 6. The van der Waals surface area contributed by atoms with E-state index in [4.69, 9.17) is 0 Å². The third-order valence-corrected chi connectivity index (χ3v) is 4.29. The molecule has 2 atom stereocenters. The van der Waals surface area contributed by atoms with Gasteiger partial charge in [-0.05, 0) is 25.1 Å².